The topological polar surface area (TPSA) is 136 Å². The van der Waals surface area contributed by atoms with Gasteiger partial charge < -0.3 is 21.1 Å². The molecule has 0 aliphatic rings. The van der Waals surface area contributed by atoms with Crippen LogP contribution in [0.4, 0.5) is 11.4 Å². The van der Waals surface area contributed by atoms with E-state index in [1.54, 1.807) is 31.2 Å². The molecular formula is C22H27N5O4S. The third-order valence-electron chi connectivity index (χ3n) is 4.35. The summed E-state index contributed by atoms with van der Waals surface area (Å²) in [6.07, 6.45) is 1.51. The highest BCUT2D eigenvalue weighted by atomic mass is 32.1. The number of aromatic nitrogens is 1. The third-order valence-corrected chi connectivity index (χ3v) is 5.48. The molecule has 10 heteroatoms. The SMILES string of the molecule is CCn1c(=C(C#N)C(=O)NCCO)sc(=CNc2cccc(NC(=O)C(C)(C)C)c2)c1=O. The Bertz CT molecular complexity index is 1210. The van der Waals surface area contributed by atoms with E-state index in [0.29, 0.717) is 15.9 Å². The van der Waals surface area contributed by atoms with Gasteiger partial charge in [-0.25, -0.2) is 0 Å². The average molecular weight is 458 g/mol. The number of benzene rings is 1. The van der Waals surface area contributed by atoms with Crippen molar-refractivity contribution in [2.24, 2.45) is 5.41 Å². The number of carbonyl (C=O) groups excluding carboxylic acids is 2. The zero-order chi connectivity index (χ0) is 23.9. The van der Waals surface area contributed by atoms with Crippen molar-refractivity contribution in [3.8, 4) is 6.07 Å². The first-order valence-corrected chi connectivity index (χ1v) is 10.8. The minimum Gasteiger partial charge on any atom is -0.395 e. The summed E-state index contributed by atoms with van der Waals surface area (Å²) in [7, 11) is 0. The van der Waals surface area contributed by atoms with Crippen LogP contribution >= 0.6 is 11.3 Å². The predicted molar refractivity (Wildman–Crippen MR) is 125 cm³/mol. The highest BCUT2D eigenvalue weighted by molar-refractivity contribution is 7.07. The van der Waals surface area contributed by atoms with Crippen LogP contribution in [0.15, 0.2) is 29.1 Å². The van der Waals surface area contributed by atoms with Gasteiger partial charge in [0.1, 0.15) is 15.3 Å². The fourth-order valence-electron chi connectivity index (χ4n) is 2.60. The number of nitrogens with one attached hydrogen (secondary N) is 3. The Labute approximate surface area is 189 Å². The number of nitriles is 1. The number of aliphatic hydroxyl groups is 1. The van der Waals surface area contributed by atoms with E-state index in [1.807, 2.05) is 26.8 Å². The van der Waals surface area contributed by atoms with E-state index in [2.05, 4.69) is 16.0 Å². The lowest BCUT2D eigenvalue weighted by molar-refractivity contribution is -0.123. The van der Waals surface area contributed by atoms with Gasteiger partial charge in [0.25, 0.3) is 11.5 Å². The van der Waals surface area contributed by atoms with E-state index in [4.69, 9.17) is 5.11 Å². The first kappa shape index (κ1) is 24.8. The molecule has 0 aliphatic heterocycles. The minimum atomic E-state index is -0.646. The number of thiazole rings is 1. The van der Waals surface area contributed by atoms with Crippen molar-refractivity contribution in [2.75, 3.05) is 23.8 Å². The summed E-state index contributed by atoms with van der Waals surface area (Å²) < 4.78 is 1.92. The van der Waals surface area contributed by atoms with E-state index in [1.165, 1.54) is 10.8 Å². The molecule has 170 valence electrons. The molecule has 0 fully saturated rings. The quantitative estimate of drug-likeness (QED) is 0.479. The van der Waals surface area contributed by atoms with Gasteiger partial charge >= 0.3 is 0 Å². The lowest BCUT2D eigenvalue weighted by atomic mass is 9.95. The third kappa shape index (κ3) is 6.06. The Hall–Kier alpha value is -3.42. The molecule has 0 radical (unpaired) electrons. The zero-order valence-corrected chi connectivity index (χ0v) is 19.3. The maximum absolute atomic E-state index is 12.8. The van der Waals surface area contributed by atoms with Gasteiger partial charge in [0, 0.05) is 36.1 Å². The monoisotopic (exact) mass is 457 g/mol. The van der Waals surface area contributed by atoms with Crippen LogP contribution in [-0.2, 0) is 16.1 Å². The van der Waals surface area contributed by atoms with Crippen molar-refractivity contribution < 1.29 is 14.7 Å². The number of anilines is 2. The minimum absolute atomic E-state index is 0.00831. The van der Waals surface area contributed by atoms with Crippen molar-refractivity contribution in [2.45, 2.75) is 34.2 Å². The lowest BCUT2D eigenvalue weighted by Gasteiger charge is -2.18. The smallest absolute Gasteiger partial charge is 0.270 e. The van der Waals surface area contributed by atoms with Gasteiger partial charge in [-0.05, 0) is 25.1 Å². The molecule has 2 aromatic rings. The van der Waals surface area contributed by atoms with E-state index < -0.39 is 11.3 Å². The molecule has 1 heterocycles. The van der Waals surface area contributed by atoms with E-state index in [9.17, 15) is 19.6 Å². The fourth-order valence-corrected chi connectivity index (χ4v) is 3.69. The standard InChI is InChI=1S/C22H27N5O4S/c1-5-27-19(30)17(32-20(27)16(12-23)18(29)24-9-10-28)13-25-14-7-6-8-15(11-14)26-21(31)22(2,3)4/h6-8,11,13,25,28H,5,9-10H2,1-4H3,(H,24,29)(H,26,31). The van der Waals surface area contributed by atoms with Crippen LogP contribution < -0.4 is 30.7 Å². The summed E-state index contributed by atoms with van der Waals surface area (Å²) >= 11 is 1.02. The molecule has 0 saturated carbocycles. The molecule has 9 nitrogen and oxygen atoms in total. The van der Waals surface area contributed by atoms with Crippen LogP contribution in [-0.4, -0.2) is 34.6 Å². The maximum Gasteiger partial charge on any atom is 0.270 e. The molecule has 4 N–H and O–H groups in total. The molecule has 32 heavy (non-hydrogen) atoms. The fraction of sp³-hybridized carbons (Fsp3) is 0.364. The molecule has 1 aromatic carbocycles. The summed E-state index contributed by atoms with van der Waals surface area (Å²) in [6.45, 7) is 7.25. The molecular weight excluding hydrogens is 430 g/mol. The van der Waals surface area contributed by atoms with Crippen molar-refractivity contribution in [3.05, 3.63) is 43.8 Å². The largest absolute Gasteiger partial charge is 0.395 e. The van der Waals surface area contributed by atoms with Crippen LogP contribution in [0, 0.1) is 16.7 Å². The number of nitrogens with zero attached hydrogens (tertiary/aromatic N) is 2. The number of hydrogen-bond acceptors (Lipinski definition) is 7. The van der Waals surface area contributed by atoms with Gasteiger partial charge in [0.05, 0.1) is 6.61 Å². The summed E-state index contributed by atoms with van der Waals surface area (Å²) in [5.41, 5.74) is 0.210. The first-order valence-electron chi connectivity index (χ1n) is 10.0. The Balaban J connectivity index is 2.41. The Morgan fingerprint density at radius 1 is 1.28 bits per heavy atom. The Kier molecular flexibility index (Phi) is 8.34. The molecule has 0 saturated heterocycles. The zero-order valence-electron chi connectivity index (χ0n) is 18.5. The van der Waals surface area contributed by atoms with Crippen LogP contribution in [0.3, 0.4) is 0 Å². The first-order chi connectivity index (χ1) is 15.1. The second kappa shape index (κ2) is 10.7. The van der Waals surface area contributed by atoms with Crippen molar-refractivity contribution >= 4 is 46.3 Å². The normalized spacial score (nSPS) is 12.7. The number of rotatable bonds is 7. The molecule has 0 atom stereocenters. The highest BCUT2D eigenvalue weighted by Crippen LogP contribution is 2.19. The van der Waals surface area contributed by atoms with E-state index in [-0.39, 0.29) is 41.4 Å². The van der Waals surface area contributed by atoms with Gasteiger partial charge in [0.15, 0.2) is 5.57 Å². The van der Waals surface area contributed by atoms with Crippen LogP contribution in [0.5, 0.6) is 0 Å². The van der Waals surface area contributed by atoms with Crippen molar-refractivity contribution in [3.63, 3.8) is 0 Å². The Morgan fingerprint density at radius 2 is 1.97 bits per heavy atom. The molecule has 2 rings (SSSR count). The van der Waals surface area contributed by atoms with Crippen molar-refractivity contribution in [1.82, 2.24) is 9.88 Å². The van der Waals surface area contributed by atoms with Crippen LogP contribution in [0.2, 0.25) is 0 Å². The molecule has 0 unspecified atom stereocenters. The van der Waals surface area contributed by atoms with Crippen LogP contribution in [0.1, 0.15) is 27.7 Å². The summed E-state index contributed by atoms with van der Waals surface area (Å²) in [5.74, 6) is -0.766. The molecule has 1 aromatic heterocycles. The van der Waals surface area contributed by atoms with Gasteiger partial charge in [-0.15, -0.1) is 11.3 Å². The molecule has 0 spiro atoms. The number of amides is 2. The highest BCUT2D eigenvalue weighted by Gasteiger charge is 2.21. The second-order valence-electron chi connectivity index (χ2n) is 7.86. The van der Waals surface area contributed by atoms with Gasteiger partial charge in [-0.3, -0.25) is 19.0 Å². The van der Waals surface area contributed by atoms with Gasteiger partial charge in [-0.1, -0.05) is 26.8 Å². The van der Waals surface area contributed by atoms with Crippen LogP contribution in [0.25, 0.3) is 11.8 Å². The predicted octanol–water partition coefficient (Wildman–Crippen LogP) is 0.547. The summed E-state index contributed by atoms with van der Waals surface area (Å²) in [5, 5.41) is 26.7. The van der Waals surface area contributed by atoms with E-state index in [0.717, 1.165) is 11.3 Å². The number of aliphatic hydroxyl groups excluding tert-OH is 1. The number of hydrogen-bond donors (Lipinski definition) is 4. The lowest BCUT2D eigenvalue weighted by Crippen LogP contribution is -2.35. The summed E-state index contributed by atoms with van der Waals surface area (Å²) in [4.78, 5) is 37.2. The Morgan fingerprint density at radius 3 is 2.56 bits per heavy atom. The second-order valence-corrected chi connectivity index (χ2v) is 8.89. The maximum atomic E-state index is 12.8. The van der Waals surface area contributed by atoms with Gasteiger partial charge in [0.2, 0.25) is 5.91 Å². The average Bonchev–Trinajstić information content (AvgIpc) is 3.05. The van der Waals surface area contributed by atoms with Crippen molar-refractivity contribution in [1.29, 1.82) is 5.26 Å². The molecule has 0 aliphatic carbocycles. The van der Waals surface area contributed by atoms with Gasteiger partial charge in [-0.2, -0.15) is 5.26 Å². The van der Waals surface area contributed by atoms with E-state index >= 15 is 0 Å². The molecule has 2 amide bonds. The molecule has 0 bridgehead atoms. The number of carbonyl (C=O) groups is 2. The summed E-state index contributed by atoms with van der Waals surface area (Å²) in [6, 6.07) is 8.91.